The topological polar surface area (TPSA) is 18.5 Å². The molecule has 1 saturated heterocycles. The summed E-state index contributed by atoms with van der Waals surface area (Å²) in [6, 6.07) is 0. The highest BCUT2D eigenvalue weighted by molar-refractivity contribution is 8.02. The summed E-state index contributed by atoms with van der Waals surface area (Å²) < 4.78 is 11.2. The van der Waals surface area contributed by atoms with Gasteiger partial charge in [-0.05, 0) is 49.2 Å². The zero-order valence-electron chi connectivity index (χ0n) is 11.3. The first-order valence-corrected chi connectivity index (χ1v) is 8.55. The predicted octanol–water partition coefficient (Wildman–Crippen LogP) is 3.97. The largest absolute Gasteiger partial charge is 0.350 e. The molecule has 0 aromatic heterocycles. The van der Waals surface area contributed by atoms with Crippen molar-refractivity contribution in [3.63, 3.8) is 0 Å². The quantitative estimate of drug-likeness (QED) is 0.768. The smallest absolute Gasteiger partial charge is 0.157 e. The lowest BCUT2D eigenvalue weighted by Gasteiger charge is -2.42. The number of fused-ring (bicyclic) bond motifs is 1. The molecule has 0 radical (unpaired) electrons. The molecule has 2 unspecified atom stereocenters. The van der Waals surface area contributed by atoms with Crippen molar-refractivity contribution in [2.45, 2.75) is 51.2 Å². The minimum atomic E-state index is 0.0747. The molecule has 2 nitrogen and oxygen atoms in total. The molecule has 0 amide bonds. The maximum Gasteiger partial charge on any atom is 0.157 e. The molecule has 2 fully saturated rings. The molecule has 0 spiro atoms. The summed E-state index contributed by atoms with van der Waals surface area (Å²) in [5.41, 5.74) is 0.479. The Bertz CT molecular complexity index is 322. The lowest BCUT2D eigenvalue weighted by molar-refractivity contribution is -0.0565. The Morgan fingerprint density at radius 1 is 1.33 bits per heavy atom. The number of thioether (sulfide) groups is 1. The van der Waals surface area contributed by atoms with Crippen LogP contribution in [-0.4, -0.2) is 25.8 Å². The van der Waals surface area contributed by atoms with Gasteiger partial charge in [-0.25, -0.2) is 0 Å². The average molecular weight is 268 g/mol. The molecule has 0 aromatic rings. The van der Waals surface area contributed by atoms with E-state index in [1.165, 1.54) is 38.5 Å². The van der Waals surface area contributed by atoms with Crippen molar-refractivity contribution in [2.24, 2.45) is 11.3 Å². The highest BCUT2D eigenvalue weighted by Gasteiger charge is 2.46. The molecule has 3 rings (SSSR count). The van der Waals surface area contributed by atoms with E-state index in [4.69, 9.17) is 9.47 Å². The van der Waals surface area contributed by atoms with Crippen molar-refractivity contribution < 1.29 is 9.47 Å². The fourth-order valence-electron chi connectivity index (χ4n) is 4.12. The Kier molecular flexibility index (Phi) is 4.02. The van der Waals surface area contributed by atoms with Gasteiger partial charge in [0.25, 0.3) is 0 Å². The summed E-state index contributed by atoms with van der Waals surface area (Å²) in [5, 5.41) is 0. The summed E-state index contributed by atoms with van der Waals surface area (Å²) in [7, 11) is 0. The van der Waals surface area contributed by atoms with E-state index in [9.17, 15) is 0 Å². The lowest BCUT2D eigenvalue weighted by atomic mass is 9.66. The SMILES string of the molecule is CSC1=CCC2CCCCC12CCC1OCCO1. The van der Waals surface area contributed by atoms with Gasteiger partial charge in [-0.1, -0.05) is 18.9 Å². The molecule has 102 valence electrons. The number of hydrogen-bond donors (Lipinski definition) is 0. The number of rotatable bonds is 4. The zero-order chi connectivity index (χ0) is 12.4. The van der Waals surface area contributed by atoms with Crippen molar-refractivity contribution in [1.82, 2.24) is 0 Å². The third-order valence-electron chi connectivity index (χ3n) is 5.02. The van der Waals surface area contributed by atoms with Crippen LogP contribution >= 0.6 is 11.8 Å². The minimum Gasteiger partial charge on any atom is -0.350 e. The number of hydrogen-bond acceptors (Lipinski definition) is 3. The van der Waals surface area contributed by atoms with E-state index in [1.54, 1.807) is 4.91 Å². The second kappa shape index (κ2) is 5.56. The van der Waals surface area contributed by atoms with Gasteiger partial charge < -0.3 is 9.47 Å². The van der Waals surface area contributed by atoms with Gasteiger partial charge in [-0.15, -0.1) is 11.8 Å². The first kappa shape index (κ1) is 13.0. The van der Waals surface area contributed by atoms with E-state index in [0.717, 1.165) is 25.6 Å². The van der Waals surface area contributed by atoms with Crippen molar-refractivity contribution in [3.8, 4) is 0 Å². The van der Waals surface area contributed by atoms with E-state index >= 15 is 0 Å². The Morgan fingerprint density at radius 2 is 2.17 bits per heavy atom. The summed E-state index contributed by atoms with van der Waals surface area (Å²) in [6.45, 7) is 1.57. The average Bonchev–Trinajstić information content (AvgIpc) is 3.04. The first-order chi connectivity index (χ1) is 8.85. The highest BCUT2D eigenvalue weighted by Crippen LogP contribution is 2.58. The van der Waals surface area contributed by atoms with E-state index in [-0.39, 0.29) is 6.29 Å². The zero-order valence-corrected chi connectivity index (χ0v) is 12.1. The molecule has 1 aliphatic heterocycles. The predicted molar refractivity (Wildman–Crippen MR) is 75.5 cm³/mol. The fraction of sp³-hybridized carbons (Fsp3) is 0.867. The van der Waals surface area contributed by atoms with Crippen LogP contribution in [0.2, 0.25) is 0 Å². The Hall–Kier alpha value is 0.01000. The maximum absolute atomic E-state index is 5.61. The van der Waals surface area contributed by atoms with Crippen LogP contribution < -0.4 is 0 Å². The number of allylic oxidation sites excluding steroid dienone is 2. The van der Waals surface area contributed by atoms with Gasteiger partial charge in [-0.3, -0.25) is 0 Å². The molecule has 2 aliphatic carbocycles. The second-order valence-electron chi connectivity index (χ2n) is 5.82. The van der Waals surface area contributed by atoms with Crippen molar-refractivity contribution >= 4 is 11.8 Å². The van der Waals surface area contributed by atoms with E-state index in [2.05, 4.69) is 12.3 Å². The van der Waals surface area contributed by atoms with Crippen LogP contribution in [0, 0.1) is 11.3 Å². The summed E-state index contributed by atoms with van der Waals surface area (Å²) in [6.07, 6.45) is 14.1. The van der Waals surface area contributed by atoms with Crippen LogP contribution in [0.15, 0.2) is 11.0 Å². The molecular weight excluding hydrogens is 244 g/mol. The Morgan fingerprint density at radius 3 is 2.94 bits per heavy atom. The minimum absolute atomic E-state index is 0.0747. The van der Waals surface area contributed by atoms with E-state index in [0.29, 0.717) is 5.41 Å². The summed E-state index contributed by atoms with van der Waals surface area (Å²) in [5.74, 6) is 0.898. The molecule has 18 heavy (non-hydrogen) atoms. The van der Waals surface area contributed by atoms with Crippen LogP contribution in [0.25, 0.3) is 0 Å². The molecule has 0 bridgehead atoms. The highest BCUT2D eigenvalue weighted by atomic mass is 32.2. The lowest BCUT2D eigenvalue weighted by Crippen LogP contribution is -2.32. The van der Waals surface area contributed by atoms with Gasteiger partial charge in [0.1, 0.15) is 0 Å². The normalized spacial score (nSPS) is 36.7. The Labute approximate surface area is 114 Å². The van der Waals surface area contributed by atoms with Crippen LogP contribution in [0.5, 0.6) is 0 Å². The maximum atomic E-state index is 5.61. The van der Waals surface area contributed by atoms with Crippen molar-refractivity contribution in [1.29, 1.82) is 0 Å². The number of ether oxygens (including phenoxy) is 2. The monoisotopic (exact) mass is 268 g/mol. The van der Waals surface area contributed by atoms with Gasteiger partial charge in [0.05, 0.1) is 13.2 Å². The molecule has 3 heteroatoms. The first-order valence-electron chi connectivity index (χ1n) is 7.33. The molecule has 1 heterocycles. The molecule has 1 saturated carbocycles. The summed E-state index contributed by atoms with van der Waals surface area (Å²) >= 11 is 1.98. The molecule has 0 N–H and O–H groups in total. The third-order valence-corrected chi connectivity index (χ3v) is 6.04. The van der Waals surface area contributed by atoms with Gasteiger partial charge in [0.2, 0.25) is 0 Å². The van der Waals surface area contributed by atoms with Crippen LogP contribution in [0.1, 0.15) is 44.9 Å². The van der Waals surface area contributed by atoms with Crippen molar-refractivity contribution in [3.05, 3.63) is 11.0 Å². The van der Waals surface area contributed by atoms with Gasteiger partial charge >= 0.3 is 0 Å². The molecule has 3 aliphatic rings. The van der Waals surface area contributed by atoms with E-state index in [1.807, 2.05) is 11.8 Å². The van der Waals surface area contributed by atoms with E-state index < -0.39 is 0 Å². The van der Waals surface area contributed by atoms with Crippen molar-refractivity contribution in [2.75, 3.05) is 19.5 Å². The molecule has 2 atom stereocenters. The molecular formula is C15H24O2S. The van der Waals surface area contributed by atoms with Gasteiger partial charge in [0.15, 0.2) is 6.29 Å². The van der Waals surface area contributed by atoms with Crippen LogP contribution in [0.3, 0.4) is 0 Å². The van der Waals surface area contributed by atoms with Crippen LogP contribution in [-0.2, 0) is 9.47 Å². The Balaban J connectivity index is 1.69. The van der Waals surface area contributed by atoms with Crippen LogP contribution in [0.4, 0.5) is 0 Å². The molecule has 0 aromatic carbocycles. The van der Waals surface area contributed by atoms with Gasteiger partial charge in [-0.2, -0.15) is 0 Å². The fourth-order valence-corrected chi connectivity index (χ4v) is 5.16. The standard InChI is InChI=1S/C15H24O2S/c1-18-13-6-5-12-4-2-3-8-15(12,13)9-7-14-16-10-11-17-14/h6,12,14H,2-5,7-11H2,1H3. The third kappa shape index (κ3) is 2.25. The summed E-state index contributed by atoms with van der Waals surface area (Å²) in [4.78, 5) is 1.66. The second-order valence-corrected chi connectivity index (χ2v) is 6.66. The van der Waals surface area contributed by atoms with Gasteiger partial charge in [0, 0.05) is 5.41 Å².